The first-order chi connectivity index (χ1) is 18.6. The van der Waals surface area contributed by atoms with Crippen LogP contribution in [0.3, 0.4) is 0 Å². The highest BCUT2D eigenvalue weighted by Crippen LogP contribution is 2.30. The van der Waals surface area contributed by atoms with Gasteiger partial charge in [-0.1, -0.05) is 21.6 Å². The number of hydrogen-bond acceptors (Lipinski definition) is 10. The molecule has 2 heterocycles. The summed E-state index contributed by atoms with van der Waals surface area (Å²) in [5.41, 5.74) is 4.04. The second kappa shape index (κ2) is 14.7. The second-order valence-corrected chi connectivity index (χ2v) is 11.5. The monoisotopic (exact) mass is 560 g/mol. The number of rotatable bonds is 17. The number of aliphatic imine (C=N–C) groups is 2. The van der Waals surface area contributed by atoms with Crippen LogP contribution in [0.4, 0.5) is 0 Å². The summed E-state index contributed by atoms with van der Waals surface area (Å²) in [7, 11) is 6.95. The minimum absolute atomic E-state index is 0.212. The average Bonchev–Trinajstić information content (AvgIpc) is 3.87. The predicted octanol–water partition coefficient (Wildman–Crippen LogP) is 4.96. The summed E-state index contributed by atoms with van der Waals surface area (Å²) in [6.45, 7) is 8.21. The second-order valence-electron chi connectivity index (χ2n) is 8.84. The standard InChI is InChI=1S/C28H36N2O6S2/c1-19(21-5-7-25(27(13-21)31-3)35-17-23-15-33-23)29-9-11-37-38-12-10-30-20(2)22-6-8-26(28(14-22)32-4)36-18-24-16-34-24/h5-8,13-14,23-24H,9-12,15-18H2,1-4H3. The molecule has 2 aliphatic rings. The van der Waals surface area contributed by atoms with Crippen LogP contribution in [0, 0.1) is 0 Å². The molecule has 2 aliphatic heterocycles. The Labute approximate surface area is 232 Å². The molecule has 10 heteroatoms. The van der Waals surface area contributed by atoms with Gasteiger partial charge in [-0.25, -0.2) is 0 Å². The number of ether oxygens (including phenoxy) is 6. The zero-order valence-electron chi connectivity index (χ0n) is 22.4. The van der Waals surface area contributed by atoms with E-state index in [-0.39, 0.29) is 12.2 Å². The fourth-order valence-corrected chi connectivity index (χ4v) is 5.24. The van der Waals surface area contributed by atoms with E-state index in [1.165, 1.54) is 0 Å². The van der Waals surface area contributed by atoms with Gasteiger partial charge < -0.3 is 28.4 Å². The van der Waals surface area contributed by atoms with Crippen molar-refractivity contribution in [2.45, 2.75) is 26.1 Å². The fourth-order valence-electron chi connectivity index (χ4n) is 3.52. The Kier molecular flexibility index (Phi) is 11.0. The minimum Gasteiger partial charge on any atom is -0.493 e. The molecule has 4 rings (SSSR count). The van der Waals surface area contributed by atoms with Crippen molar-refractivity contribution in [1.29, 1.82) is 0 Å². The van der Waals surface area contributed by atoms with E-state index in [4.69, 9.17) is 38.4 Å². The van der Waals surface area contributed by atoms with Gasteiger partial charge in [0.05, 0.1) is 27.4 Å². The van der Waals surface area contributed by atoms with Crippen molar-refractivity contribution in [2.24, 2.45) is 9.98 Å². The summed E-state index contributed by atoms with van der Waals surface area (Å²) in [5.74, 6) is 4.77. The Hall–Kier alpha value is -2.40. The lowest BCUT2D eigenvalue weighted by Crippen LogP contribution is -2.06. The third kappa shape index (κ3) is 9.11. The summed E-state index contributed by atoms with van der Waals surface area (Å²) in [5, 5.41) is 0. The number of hydrogen-bond donors (Lipinski definition) is 0. The first kappa shape index (κ1) is 28.6. The Morgan fingerprint density at radius 3 is 1.53 bits per heavy atom. The summed E-state index contributed by atoms with van der Waals surface area (Å²) >= 11 is 0. The SMILES string of the molecule is COc1cc(C(C)=NCCSSCCN=C(C)c2ccc(OCC3CO3)c(OC)c2)ccc1OCC1CO1. The number of nitrogens with zero attached hydrogens (tertiary/aromatic N) is 2. The molecule has 8 nitrogen and oxygen atoms in total. The topological polar surface area (TPSA) is 86.7 Å². The van der Waals surface area contributed by atoms with Gasteiger partial charge in [0.25, 0.3) is 0 Å². The number of methoxy groups -OCH3 is 2. The van der Waals surface area contributed by atoms with E-state index in [0.29, 0.717) is 24.7 Å². The van der Waals surface area contributed by atoms with E-state index in [1.54, 1.807) is 14.2 Å². The smallest absolute Gasteiger partial charge is 0.161 e. The highest BCUT2D eigenvalue weighted by molar-refractivity contribution is 8.76. The van der Waals surface area contributed by atoms with Crippen LogP contribution >= 0.6 is 21.6 Å². The molecule has 0 spiro atoms. The molecule has 38 heavy (non-hydrogen) atoms. The van der Waals surface area contributed by atoms with E-state index in [0.717, 1.165) is 71.9 Å². The molecular weight excluding hydrogens is 524 g/mol. The zero-order valence-corrected chi connectivity index (χ0v) is 24.1. The van der Waals surface area contributed by atoms with Gasteiger partial charge in [-0.15, -0.1) is 0 Å². The molecule has 2 atom stereocenters. The Bertz CT molecular complexity index is 1030. The van der Waals surface area contributed by atoms with Crippen LogP contribution in [-0.4, -0.2) is 88.9 Å². The van der Waals surface area contributed by atoms with Gasteiger partial charge >= 0.3 is 0 Å². The maximum atomic E-state index is 5.79. The lowest BCUT2D eigenvalue weighted by Gasteiger charge is -2.11. The quantitative estimate of drug-likeness (QED) is 0.116. The summed E-state index contributed by atoms with van der Waals surface area (Å²) in [4.78, 5) is 9.46. The van der Waals surface area contributed by atoms with Crippen molar-refractivity contribution in [3.05, 3.63) is 47.5 Å². The minimum atomic E-state index is 0.212. The molecule has 0 bridgehead atoms. The Balaban J connectivity index is 1.14. The van der Waals surface area contributed by atoms with Crippen molar-refractivity contribution in [3.8, 4) is 23.0 Å². The van der Waals surface area contributed by atoms with Crippen LogP contribution < -0.4 is 18.9 Å². The third-order valence-corrected chi connectivity index (χ3v) is 8.31. The van der Waals surface area contributed by atoms with E-state index < -0.39 is 0 Å². The molecule has 2 saturated heterocycles. The van der Waals surface area contributed by atoms with Gasteiger partial charge in [-0.3, -0.25) is 9.98 Å². The summed E-state index contributed by atoms with van der Waals surface area (Å²) < 4.78 is 33.0. The predicted molar refractivity (Wildman–Crippen MR) is 156 cm³/mol. The van der Waals surface area contributed by atoms with Crippen LogP contribution in [-0.2, 0) is 9.47 Å². The normalized spacial score (nSPS) is 18.7. The van der Waals surface area contributed by atoms with Crippen LogP contribution in [0.15, 0.2) is 46.4 Å². The van der Waals surface area contributed by atoms with Gasteiger partial charge in [0.15, 0.2) is 23.0 Å². The molecule has 2 aromatic rings. The van der Waals surface area contributed by atoms with E-state index in [9.17, 15) is 0 Å². The molecule has 206 valence electrons. The van der Waals surface area contributed by atoms with Crippen molar-refractivity contribution >= 4 is 33.0 Å². The Morgan fingerprint density at radius 1 is 0.737 bits per heavy atom. The highest BCUT2D eigenvalue weighted by atomic mass is 33.1. The van der Waals surface area contributed by atoms with E-state index >= 15 is 0 Å². The third-order valence-electron chi connectivity index (χ3n) is 5.95. The molecule has 0 N–H and O–H groups in total. The molecule has 0 aromatic heterocycles. The van der Waals surface area contributed by atoms with Crippen LogP contribution in [0.25, 0.3) is 0 Å². The maximum Gasteiger partial charge on any atom is 0.161 e. The maximum absolute atomic E-state index is 5.79. The summed E-state index contributed by atoms with van der Waals surface area (Å²) in [6, 6.07) is 11.9. The molecule has 0 saturated carbocycles. The van der Waals surface area contributed by atoms with Gasteiger partial charge in [0, 0.05) is 36.0 Å². The molecule has 0 radical (unpaired) electrons. The van der Waals surface area contributed by atoms with Crippen molar-refractivity contribution in [2.75, 3.05) is 65.2 Å². The van der Waals surface area contributed by atoms with Crippen LogP contribution in [0.1, 0.15) is 25.0 Å². The molecule has 2 fully saturated rings. The largest absolute Gasteiger partial charge is 0.493 e. The van der Waals surface area contributed by atoms with Gasteiger partial charge in [-0.05, 0) is 61.4 Å². The molecule has 0 aliphatic carbocycles. The molecule has 2 aromatic carbocycles. The molecule has 2 unspecified atom stereocenters. The van der Waals surface area contributed by atoms with Crippen LogP contribution in [0.2, 0.25) is 0 Å². The lowest BCUT2D eigenvalue weighted by atomic mass is 10.1. The first-order valence-electron chi connectivity index (χ1n) is 12.7. The van der Waals surface area contributed by atoms with Crippen molar-refractivity contribution in [1.82, 2.24) is 0 Å². The van der Waals surface area contributed by atoms with Crippen molar-refractivity contribution < 1.29 is 28.4 Å². The Morgan fingerprint density at radius 2 is 1.16 bits per heavy atom. The molecule has 0 amide bonds. The zero-order chi connectivity index (χ0) is 26.7. The van der Waals surface area contributed by atoms with Crippen molar-refractivity contribution in [3.63, 3.8) is 0 Å². The van der Waals surface area contributed by atoms with Gasteiger partial charge in [0.1, 0.15) is 25.4 Å². The molecular formula is C28H36N2O6S2. The lowest BCUT2D eigenvalue weighted by molar-refractivity contribution is 0.252. The van der Waals surface area contributed by atoms with E-state index in [1.807, 2.05) is 71.8 Å². The number of epoxide rings is 2. The van der Waals surface area contributed by atoms with Crippen LogP contribution in [0.5, 0.6) is 23.0 Å². The number of benzene rings is 2. The van der Waals surface area contributed by atoms with Gasteiger partial charge in [-0.2, -0.15) is 0 Å². The first-order valence-corrected chi connectivity index (χ1v) is 15.2. The van der Waals surface area contributed by atoms with E-state index in [2.05, 4.69) is 0 Å². The highest BCUT2D eigenvalue weighted by Gasteiger charge is 2.24. The summed E-state index contributed by atoms with van der Waals surface area (Å²) in [6.07, 6.45) is 0.423. The van der Waals surface area contributed by atoms with Gasteiger partial charge in [0.2, 0.25) is 0 Å². The average molecular weight is 561 g/mol. The fraction of sp³-hybridized carbons (Fsp3) is 0.500.